The summed E-state index contributed by atoms with van der Waals surface area (Å²) in [4.78, 5) is 10.9. The van der Waals surface area contributed by atoms with Gasteiger partial charge in [-0.05, 0) is 27.2 Å². The molecule has 0 aromatic rings. The van der Waals surface area contributed by atoms with E-state index in [4.69, 9.17) is 19.0 Å². The van der Waals surface area contributed by atoms with E-state index < -0.39 is 8.80 Å². The molecule has 0 aliphatic rings. The van der Waals surface area contributed by atoms with Crippen molar-refractivity contribution in [2.45, 2.75) is 33.2 Å². The standard InChI is InChI=1S/C10H26N2O4Si2/c1-4-14-18(15-5-2,16-6-3)9-7-8-12(17)10(11)13/h4-9H2,1-3,17H3,(H2,11,13). The predicted octanol–water partition coefficient (Wildman–Crippen LogP) is 0.0860. The summed E-state index contributed by atoms with van der Waals surface area (Å²) in [5.41, 5.74) is 5.20. The van der Waals surface area contributed by atoms with Gasteiger partial charge in [-0.25, -0.2) is 4.79 Å². The van der Waals surface area contributed by atoms with E-state index in [1.54, 1.807) is 4.57 Å². The minimum absolute atomic E-state index is 0.363. The Morgan fingerprint density at radius 2 is 1.61 bits per heavy atom. The largest absolute Gasteiger partial charge is 0.500 e. The molecule has 0 bridgehead atoms. The number of rotatable bonds is 10. The van der Waals surface area contributed by atoms with E-state index >= 15 is 0 Å². The topological polar surface area (TPSA) is 74.0 Å². The number of carbonyl (C=O) groups excluding carboxylic acids is 1. The Hall–Kier alpha value is -0.416. The fourth-order valence-electron chi connectivity index (χ4n) is 1.64. The van der Waals surface area contributed by atoms with E-state index in [1.807, 2.05) is 20.8 Å². The molecule has 2 amide bonds. The summed E-state index contributed by atoms with van der Waals surface area (Å²) in [6.45, 7) is 8.17. The van der Waals surface area contributed by atoms with Crippen LogP contribution in [0.3, 0.4) is 0 Å². The molecule has 108 valence electrons. The Kier molecular flexibility index (Phi) is 9.29. The molecule has 6 nitrogen and oxygen atoms in total. The third kappa shape index (κ3) is 6.50. The van der Waals surface area contributed by atoms with Gasteiger partial charge in [-0.2, -0.15) is 0 Å². The number of nitrogens with zero attached hydrogens (tertiary/aromatic N) is 1. The minimum Gasteiger partial charge on any atom is -0.374 e. The summed E-state index contributed by atoms with van der Waals surface area (Å²) in [6, 6.07) is 0.354. The zero-order chi connectivity index (χ0) is 14.0. The van der Waals surface area contributed by atoms with Gasteiger partial charge >= 0.3 is 14.8 Å². The number of hydrogen-bond donors (Lipinski definition) is 1. The molecule has 0 saturated heterocycles. The van der Waals surface area contributed by atoms with Crippen LogP contribution >= 0.6 is 0 Å². The molecule has 0 aliphatic heterocycles. The van der Waals surface area contributed by atoms with E-state index in [0.717, 1.165) is 6.42 Å². The molecule has 0 aromatic heterocycles. The number of primary amides is 1. The Labute approximate surface area is 114 Å². The monoisotopic (exact) mass is 294 g/mol. The smallest absolute Gasteiger partial charge is 0.374 e. The zero-order valence-corrected chi connectivity index (χ0v) is 14.9. The van der Waals surface area contributed by atoms with Crippen molar-refractivity contribution < 1.29 is 18.1 Å². The normalized spacial score (nSPS) is 11.7. The fourth-order valence-corrected chi connectivity index (χ4v) is 4.55. The van der Waals surface area contributed by atoms with Crippen molar-refractivity contribution in [2.24, 2.45) is 5.73 Å². The number of carbonyl (C=O) groups is 1. The van der Waals surface area contributed by atoms with Crippen LogP contribution in [0, 0.1) is 0 Å². The second-order valence-corrected chi connectivity index (χ2v) is 7.66. The van der Waals surface area contributed by atoms with Crippen molar-refractivity contribution >= 4 is 25.2 Å². The van der Waals surface area contributed by atoms with Crippen LogP contribution in [0.1, 0.15) is 27.2 Å². The number of nitrogens with two attached hydrogens (primary N) is 1. The first-order valence-electron chi connectivity index (χ1n) is 6.43. The van der Waals surface area contributed by atoms with E-state index in [1.165, 1.54) is 0 Å². The first-order chi connectivity index (χ1) is 8.51. The first kappa shape index (κ1) is 17.6. The molecule has 2 N–H and O–H groups in total. The summed E-state index contributed by atoms with van der Waals surface area (Å²) >= 11 is 0. The summed E-state index contributed by atoms with van der Waals surface area (Å²) in [5, 5.41) is 0. The van der Waals surface area contributed by atoms with Gasteiger partial charge in [0.15, 0.2) is 0 Å². The van der Waals surface area contributed by atoms with Crippen LogP contribution in [0.5, 0.6) is 0 Å². The van der Waals surface area contributed by atoms with Crippen LogP contribution in [-0.2, 0) is 13.3 Å². The van der Waals surface area contributed by atoms with Crippen LogP contribution in [0.4, 0.5) is 4.79 Å². The van der Waals surface area contributed by atoms with Gasteiger partial charge in [0.25, 0.3) is 0 Å². The molecule has 0 rings (SSSR count). The van der Waals surface area contributed by atoms with Gasteiger partial charge in [-0.1, -0.05) is 0 Å². The fraction of sp³-hybridized carbons (Fsp3) is 0.900. The highest BCUT2D eigenvalue weighted by molar-refractivity contribution is 6.60. The molecular formula is C10H26N2O4Si2. The van der Waals surface area contributed by atoms with Crippen LogP contribution in [-0.4, -0.2) is 56.2 Å². The molecular weight excluding hydrogens is 268 g/mol. The lowest BCUT2D eigenvalue weighted by molar-refractivity contribution is 0.0705. The van der Waals surface area contributed by atoms with E-state index in [2.05, 4.69) is 0 Å². The van der Waals surface area contributed by atoms with Gasteiger partial charge in [-0.15, -0.1) is 0 Å². The number of hydrogen-bond acceptors (Lipinski definition) is 4. The molecule has 0 radical (unpaired) electrons. The molecule has 0 saturated carbocycles. The molecule has 8 heteroatoms. The van der Waals surface area contributed by atoms with E-state index in [0.29, 0.717) is 42.8 Å². The van der Waals surface area contributed by atoms with Crippen molar-refractivity contribution in [3.63, 3.8) is 0 Å². The lowest BCUT2D eigenvalue weighted by atomic mass is 10.5. The maximum absolute atomic E-state index is 10.9. The van der Waals surface area contributed by atoms with Crippen LogP contribution < -0.4 is 5.73 Å². The predicted molar refractivity (Wildman–Crippen MR) is 76.3 cm³/mol. The number of urea groups is 1. The Morgan fingerprint density at radius 3 is 1.94 bits per heavy atom. The maximum atomic E-state index is 10.9. The maximum Gasteiger partial charge on any atom is 0.500 e. The summed E-state index contributed by atoms with van der Waals surface area (Å²) in [6.07, 6.45) is 0.790. The van der Waals surface area contributed by atoms with Crippen LogP contribution in [0.15, 0.2) is 0 Å². The highest BCUT2D eigenvalue weighted by Gasteiger charge is 2.39. The lowest BCUT2D eigenvalue weighted by Crippen LogP contribution is -2.46. The molecule has 0 aliphatic carbocycles. The average Bonchev–Trinajstić information content (AvgIpc) is 2.29. The van der Waals surface area contributed by atoms with Gasteiger partial charge in [0, 0.05) is 32.4 Å². The second kappa shape index (κ2) is 9.51. The first-order valence-corrected chi connectivity index (χ1v) is 9.26. The number of amides is 2. The summed E-state index contributed by atoms with van der Waals surface area (Å²) in [7, 11) is -1.93. The molecule has 0 spiro atoms. The van der Waals surface area contributed by atoms with Crippen molar-refractivity contribution in [1.82, 2.24) is 4.57 Å². The van der Waals surface area contributed by atoms with Crippen molar-refractivity contribution in [3.8, 4) is 0 Å². The molecule has 0 fully saturated rings. The zero-order valence-electron chi connectivity index (χ0n) is 11.9. The third-order valence-electron chi connectivity index (χ3n) is 2.45. The average molecular weight is 294 g/mol. The van der Waals surface area contributed by atoms with Crippen molar-refractivity contribution in [3.05, 3.63) is 0 Å². The quantitative estimate of drug-likeness (QED) is 0.579. The minimum atomic E-state index is -2.56. The highest BCUT2D eigenvalue weighted by atomic mass is 28.4. The second-order valence-electron chi connectivity index (χ2n) is 3.85. The summed E-state index contributed by atoms with van der Waals surface area (Å²) in [5.74, 6) is 0. The van der Waals surface area contributed by atoms with Gasteiger partial charge in [0.05, 0.1) is 0 Å². The van der Waals surface area contributed by atoms with Crippen LogP contribution in [0.25, 0.3) is 0 Å². The van der Waals surface area contributed by atoms with E-state index in [-0.39, 0.29) is 6.03 Å². The Morgan fingerprint density at radius 1 is 1.17 bits per heavy atom. The molecule has 0 unspecified atom stereocenters. The Bertz CT molecular complexity index is 227. The molecule has 0 atom stereocenters. The van der Waals surface area contributed by atoms with Crippen molar-refractivity contribution in [1.29, 1.82) is 0 Å². The molecule has 0 aromatic carbocycles. The highest BCUT2D eigenvalue weighted by Crippen LogP contribution is 2.18. The van der Waals surface area contributed by atoms with Gasteiger partial charge in [0.2, 0.25) is 0 Å². The lowest BCUT2D eigenvalue weighted by Gasteiger charge is -2.29. The molecule has 0 heterocycles. The van der Waals surface area contributed by atoms with Gasteiger partial charge in [-0.3, -0.25) is 0 Å². The van der Waals surface area contributed by atoms with Crippen LogP contribution in [0.2, 0.25) is 6.04 Å². The summed E-state index contributed by atoms with van der Waals surface area (Å²) < 4.78 is 18.8. The Balaban J connectivity index is 4.33. The van der Waals surface area contributed by atoms with Gasteiger partial charge in [0.1, 0.15) is 10.4 Å². The third-order valence-corrected chi connectivity index (χ3v) is 6.48. The van der Waals surface area contributed by atoms with Crippen molar-refractivity contribution in [2.75, 3.05) is 26.4 Å². The van der Waals surface area contributed by atoms with E-state index in [9.17, 15) is 4.79 Å². The molecule has 18 heavy (non-hydrogen) atoms. The SMILES string of the molecule is CCO[Si](CCCN([SiH3])C(N)=O)(OCC)OCC. The van der Waals surface area contributed by atoms with Gasteiger partial charge < -0.3 is 23.6 Å².